The maximum atomic E-state index is 11.9. The second-order valence-electron chi connectivity index (χ2n) is 6.75. The van der Waals surface area contributed by atoms with Gasteiger partial charge in [-0.15, -0.1) is 0 Å². The summed E-state index contributed by atoms with van der Waals surface area (Å²) < 4.78 is 0. The second kappa shape index (κ2) is 6.37. The molecule has 0 heterocycles. The minimum absolute atomic E-state index is 0.0384. The van der Waals surface area contributed by atoms with Gasteiger partial charge in [-0.3, -0.25) is 9.59 Å². The van der Waals surface area contributed by atoms with Gasteiger partial charge in [-0.25, -0.2) is 0 Å². The van der Waals surface area contributed by atoms with Crippen LogP contribution in [0.15, 0.2) is 0 Å². The van der Waals surface area contributed by atoms with Crippen molar-refractivity contribution in [2.45, 2.75) is 58.4 Å². The summed E-state index contributed by atoms with van der Waals surface area (Å²) in [6.07, 6.45) is 4.50. The zero-order valence-corrected chi connectivity index (χ0v) is 12.3. The third kappa shape index (κ3) is 5.59. The number of carbonyl (C=O) groups excluding carboxylic acids is 2. The van der Waals surface area contributed by atoms with E-state index in [0.717, 1.165) is 25.7 Å². The molecule has 1 fully saturated rings. The van der Waals surface area contributed by atoms with E-state index in [2.05, 4.69) is 10.6 Å². The van der Waals surface area contributed by atoms with Crippen molar-refractivity contribution in [1.29, 1.82) is 0 Å². The smallest absolute Gasteiger partial charge is 0.239 e. The zero-order chi connectivity index (χ0) is 14.5. The van der Waals surface area contributed by atoms with E-state index in [9.17, 15) is 9.59 Å². The molecule has 0 unspecified atom stereocenters. The summed E-state index contributed by atoms with van der Waals surface area (Å²) in [7, 11) is 0. The van der Waals surface area contributed by atoms with Crippen LogP contribution in [-0.2, 0) is 9.59 Å². The predicted molar refractivity (Wildman–Crippen MR) is 75.5 cm³/mol. The normalized spacial score (nSPS) is 18.1. The van der Waals surface area contributed by atoms with Gasteiger partial charge in [-0.2, -0.15) is 0 Å². The average Bonchev–Trinajstić information content (AvgIpc) is 2.73. The average molecular weight is 269 g/mol. The first-order valence-electron chi connectivity index (χ1n) is 7.04. The Balaban J connectivity index is 2.33. The zero-order valence-electron chi connectivity index (χ0n) is 12.3. The van der Waals surface area contributed by atoms with Crippen LogP contribution in [0.3, 0.4) is 0 Å². The van der Waals surface area contributed by atoms with E-state index in [4.69, 9.17) is 5.73 Å². The summed E-state index contributed by atoms with van der Waals surface area (Å²) in [5, 5.41) is 5.64. The van der Waals surface area contributed by atoms with Crippen LogP contribution in [0, 0.1) is 5.41 Å². The minimum Gasteiger partial charge on any atom is -0.348 e. The van der Waals surface area contributed by atoms with E-state index in [-0.39, 0.29) is 29.3 Å². The van der Waals surface area contributed by atoms with Crippen LogP contribution >= 0.6 is 0 Å². The van der Waals surface area contributed by atoms with Crippen LogP contribution < -0.4 is 16.4 Å². The van der Waals surface area contributed by atoms with Crippen molar-refractivity contribution in [3.8, 4) is 0 Å². The van der Waals surface area contributed by atoms with E-state index in [1.54, 1.807) is 0 Å². The molecule has 1 saturated carbocycles. The van der Waals surface area contributed by atoms with Gasteiger partial charge in [0.2, 0.25) is 11.8 Å². The Bertz CT molecular complexity index is 328. The molecule has 110 valence electrons. The molecule has 5 nitrogen and oxygen atoms in total. The van der Waals surface area contributed by atoms with Crippen molar-refractivity contribution in [3.05, 3.63) is 0 Å². The van der Waals surface area contributed by atoms with Gasteiger partial charge in [0.05, 0.1) is 12.1 Å². The molecular weight excluding hydrogens is 242 g/mol. The lowest BCUT2D eigenvalue weighted by Gasteiger charge is -2.28. The van der Waals surface area contributed by atoms with Crippen LogP contribution in [0.1, 0.15) is 52.9 Å². The predicted octanol–water partition coefficient (Wildman–Crippen LogP) is 0.927. The van der Waals surface area contributed by atoms with E-state index in [1.807, 2.05) is 20.8 Å². The van der Waals surface area contributed by atoms with Crippen LogP contribution in [0.5, 0.6) is 0 Å². The molecule has 4 N–H and O–H groups in total. The van der Waals surface area contributed by atoms with Crippen LogP contribution in [-0.4, -0.2) is 30.4 Å². The van der Waals surface area contributed by atoms with Crippen molar-refractivity contribution in [3.63, 3.8) is 0 Å². The van der Waals surface area contributed by atoms with Crippen molar-refractivity contribution in [2.24, 2.45) is 11.1 Å². The Morgan fingerprint density at radius 1 is 1.16 bits per heavy atom. The molecule has 0 aromatic heterocycles. The summed E-state index contributed by atoms with van der Waals surface area (Å²) in [5.41, 5.74) is 5.45. The molecule has 0 aromatic carbocycles. The van der Waals surface area contributed by atoms with Crippen molar-refractivity contribution in [2.75, 3.05) is 13.1 Å². The highest BCUT2D eigenvalue weighted by Gasteiger charge is 2.33. The highest BCUT2D eigenvalue weighted by atomic mass is 16.2. The topological polar surface area (TPSA) is 84.2 Å². The molecule has 19 heavy (non-hydrogen) atoms. The van der Waals surface area contributed by atoms with Gasteiger partial charge >= 0.3 is 0 Å². The standard InChI is InChI=1S/C14H27N3O2/c1-13(2,3)8-11(18)16-9-12(19)17-14(10-15)6-4-5-7-14/h4-10,15H2,1-3H3,(H,16,18)(H,17,19). The van der Waals surface area contributed by atoms with Crippen molar-refractivity contribution < 1.29 is 9.59 Å². The molecular formula is C14H27N3O2. The fourth-order valence-electron chi connectivity index (χ4n) is 2.49. The highest BCUT2D eigenvalue weighted by molar-refractivity contribution is 5.85. The molecule has 1 rings (SSSR count). The van der Waals surface area contributed by atoms with Gasteiger partial charge in [0.15, 0.2) is 0 Å². The van der Waals surface area contributed by atoms with Gasteiger partial charge < -0.3 is 16.4 Å². The van der Waals surface area contributed by atoms with Crippen molar-refractivity contribution in [1.82, 2.24) is 10.6 Å². The Hall–Kier alpha value is -1.10. The minimum atomic E-state index is -0.244. The van der Waals surface area contributed by atoms with Gasteiger partial charge in [0, 0.05) is 13.0 Å². The molecule has 5 heteroatoms. The molecule has 1 aliphatic carbocycles. The quantitative estimate of drug-likeness (QED) is 0.694. The van der Waals surface area contributed by atoms with Gasteiger partial charge in [-0.1, -0.05) is 33.6 Å². The van der Waals surface area contributed by atoms with Gasteiger partial charge in [-0.05, 0) is 18.3 Å². The van der Waals surface area contributed by atoms with Crippen LogP contribution in [0.25, 0.3) is 0 Å². The van der Waals surface area contributed by atoms with Gasteiger partial charge in [0.25, 0.3) is 0 Å². The summed E-state index contributed by atoms with van der Waals surface area (Å²) >= 11 is 0. The van der Waals surface area contributed by atoms with Crippen LogP contribution in [0.2, 0.25) is 0 Å². The number of hydrogen-bond donors (Lipinski definition) is 3. The maximum Gasteiger partial charge on any atom is 0.239 e. The first-order chi connectivity index (χ1) is 8.76. The number of hydrogen-bond acceptors (Lipinski definition) is 3. The third-order valence-corrected chi connectivity index (χ3v) is 3.49. The number of nitrogens with two attached hydrogens (primary N) is 1. The number of amides is 2. The summed E-state index contributed by atoms with van der Waals surface area (Å²) in [5.74, 6) is -0.231. The fraction of sp³-hybridized carbons (Fsp3) is 0.857. The number of carbonyl (C=O) groups is 2. The summed E-state index contributed by atoms with van der Waals surface area (Å²) in [6, 6.07) is 0. The van der Waals surface area contributed by atoms with Crippen molar-refractivity contribution >= 4 is 11.8 Å². The SMILES string of the molecule is CC(C)(C)CC(=O)NCC(=O)NC1(CN)CCCC1. The Kier molecular flexibility index (Phi) is 5.35. The molecule has 2 amide bonds. The molecule has 0 spiro atoms. The molecule has 0 saturated heterocycles. The third-order valence-electron chi connectivity index (χ3n) is 3.49. The maximum absolute atomic E-state index is 11.9. The molecule has 0 bridgehead atoms. The lowest BCUT2D eigenvalue weighted by Crippen LogP contribution is -2.54. The monoisotopic (exact) mass is 269 g/mol. The fourth-order valence-corrected chi connectivity index (χ4v) is 2.49. The Morgan fingerprint density at radius 2 is 1.74 bits per heavy atom. The molecule has 0 aliphatic heterocycles. The van der Waals surface area contributed by atoms with E-state index >= 15 is 0 Å². The first-order valence-corrected chi connectivity index (χ1v) is 7.04. The number of nitrogens with one attached hydrogen (secondary N) is 2. The lowest BCUT2D eigenvalue weighted by atomic mass is 9.92. The largest absolute Gasteiger partial charge is 0.348 e. The van der Waals surface area contributed by atoms with E-state index in [1.165, 1.54) is 0 Å². The van der Waals surface area contributed by atoms with Crippen LogP contribution in [0.4, 0.5) is 0 Å². The lowest BCUT2D eigenvalue weighted by molar-refractivity contribution is -0.128. The van der Waals surface area contributed by atoms with E-state index in [0.29, 0.717) is 13.0 Å². The molecule has 0 radical (unpaired) electrons. The number of rotatable bonds is 5. The van der Waals surface area contributed by atoms with Gasteiger partial charge in [0.1, 0.15) is 0 Å². The summed E-state index contributed by atoms with van der Waals surface area (Å²) in [4.78, 5) is 23.5. The molecule has 0 atom stereocenters. The molecule has 0 aromatic rings. The Morgan fingerprint density at radius 3 is 2.21 bits per heavy atom. The second-order valence-corrected chi connectivity index (χ2v) is 6.75. The highest BCUT2D eigenvalue weighted by Crippen LogP contribution is 2.28. The first kappa shape index (κ1) is 16.0. The molecule has 1 aliphatic rings. The summed E-state index contributed by atoms with van der Waals surface area (Å²) in [6.45, 7) is 6.49. The Labute approximate surface area is 115 Å². The van der Waals surface area contributed by atoms with E-state index < -0.39 is 0 Å².